The maximum atomic E-state index is 13.0. The highest BCUT2D eigenvalue weighted by Gasteiger charge is 2.22. The molecular formula is C19H22FN3O2. The highest BCUT2D eigenvalue weighted by molar-refractivity contribution is 5.74. The van der Waals surface area contributed by atoms with Crippen LogP contribution in [0.15, 0.2) is 48.8 Å². The molecule has 1 aliphatic rings. The van der Waals surface area contributed by atoms with Gasteiger partial charge >= 0.3 is 6.03 Å². The molecule has 2 amide bonds. The van der Waals surface area contributed by atoms with Crippen LogP contribution in [0.25, 0.3) is 0 Å². The van der Waals surface area contributed by atoms with E-state index < -0.39 is 0 Å². The van der Waals surface area contributed by atoms with Gasteiger partial charge in [0.25, 0.3) is 0 Å². The summed E-state index contributed by atoms with van der Waals surface area (Å²) >= 11 is 0. The first-order valence-corrected chi connectivity index (χ1v) is 8.48. The van der Waals surface area contributed by atoms with Crippen molar-refractivity contribution in [1.29, 1.82) is 0 Å². The molecule has 0 spiro atoms. The van der Waals surface area contributed by atoms with Crippen LogP contribution in [0.4, 0.5) is 9.18 Å². The van der Waals surface area contributed by atoms with E-state index in [1.165, 1.54) is 12.1 Å². The van der Waals surface area contributed by atoms with Gasteiger partial charge in [-0.2, -0.15) is 0 Å². The monoisotopic (exact) mass is 343 g/mol. The molecule has 25 heavy (non-hydrogen) atoms. The number of aromatic nitrogens is 1. The quantitative estimate of drug-likeness (QED) is 0.877. The summed E-state index contributed by atoms with van der Waals surface area (Å²) in [7, 11) is 0. The van der Waals surface area contributed by atoms with Crippen molar-refractivity contribution in [1.82, 2.24) is 15.2 Å². The van der Waals surface area contributed by atoms with Crippen molar-refractivity contribution < 1.29 is 13.9 Å². The lowest BCUT2D eigenvalue weighted by Crippen LogP contribution is -2.43. The van der Waals surface area contributed by atoms with E-state index in [0.717, 1.165) is 30.6 Å². The van der Waals surface area contributed by atoms with Crippen LogP contribution in [0.1, 0.15) is 24.0 Å². The summed E-state index contributed by atoms with van der Waals surface area (Å²) in [6, 6.07) is 9.76. The van der Waals surface area contributed by atoms with Gasteiger partial charge in [0.15, 0.2) is 0 Å². The van der Waals surface area contributed by atoms with Crippen molar-refractivity contribution in [3.63, 3.8) is 0 Å². The van der Waals surface area contributed by atoms with Crippen LogP contribution in [0.3, 0.4) is 0 Å². The number of nitrogens with one attached hydrogen (secondary N) is 1. The van der Waals surface area contributed by atoms with E-state index in [2.05, 4.69) is 10.3 Å². The molecule has 1 fully saturated rings. The molecule has 0 saturated carbocycles. The second kappa shape index (κ2) is 8.58. The smallest absolute Gasteiger partial charge is 0.318 e. The van der Waals surface area contributed by atoms with Gasteiger partial charge in [0.2, 0.25) is 0 Å². The zero-order valence-electron chi connectivity index (χ0n) is 14.0. The third kappa shape index (κ3) is 5.26. The molecule has 1 atom stereocenters. The number of benzene rings is 1. The predicted octanol–water partition coefficient (Wildman–Crippen LogP) is 3.11. The average Bonchev–Trinajstić information content (AvgIpc) is 3.14. The van der Waals surface area contributed by atoms with Crippen molar-refractivity contribution in [2.45, 2.75) is 32.0 Å². The van der Waals surface area contributed by atoms with E-state index >= 15 is 0 Å². The van der Waals surface area contributed by atoms with Crippen molar-refractivity contribution in [3.05, 3.63) is 65.7 Å². The van der Waals surface area contributed by atoms with Crippen molar-refractivity contribution in [2.24, 2.45) is 0 Å². The number of nitrogens with zero attached hydrogens (tertiary/aromatic N) is 2. The molecule has 2 heterocycles. The van der Waals surface area contributed by atoms with Gasteiger partial charge in [-0.05, 0) is 48.2 Å². The Hall–Kier alpha value is -2.47. The topological polar surface area (TPSA) is 54.5 Å². The Kier molecular flexibility index (Phi) is 5.95. The standard InChI is InChI=1S/C19H22FN3O2/c20-17-5-3-15(4-6-17)12-22-19(24)23(14-18-2-1-11-25-18)13-16-7-9-21-10-8-16/h3-10,18H,1-2,11-14H2,(H,22,24). The van der Waals surface area contributed by atoms with Crippen LogP contribution < -0.4 is 5.32 Å². The molecule has 0 aliphatic carbocycles. The van der Waals surface area contributed by atoms with Crippen LogP contribution in [0.2, 0.25) is 0 Å². The molecule has 132 valence electrons. The van der Waals surface area contributed by atoms with E-state index in [1.807, 2.05) is 12.1 Å². The first-order chi connectivity index (χ1) is 12.2. The Morgan fingerprint density at radius 2 is 1.96 bits per heavy atom. The summed E-state index contributed by atoms with van der Waals surface area (Å²) in [5.74, 6) is -0.284. The van der Waals surface area contributed by atoms with Crippen LogP contribution in [-0.2, 0) is 17.8 Å². The molecule has 1 saturated heterocycles. The molecule has 1 aliphatic heterocycles. The number of hydrogen-bond donors (Lipinski definition) is 1. The Labute approximate surface area is 146 Å². The van der Waals surface area contributed by atoms with Crippen molar-refractivity contribution in [3.8, 4) is 0 Å². The molecule has 5 nitrogen and oxygen atoms in total. The van der Waals surface area contributed by atoms with Crippen molar-refractivity contribution >= 4 is 6.03 Å². The number of halogens is 1. The molecule has 1 unspecified atom stereocenters. The lowest BCUT2D eigenvalue weighted by Gasteiger charge is -2.26. The van der Waals surface area contributed by atoms with Crippen LogP contribution >= 0.6 is 0 Å². The fourth-order valence-electron chi connectivity index (χ4n) is 2.85. The first-order valence-electron chi connectivity index (χ1n) is 8.48. The average molecular weight is 343 g/mol. The van der Waals surface area contributed by atoms with Crippen LogP contribution in [0.5, 0.6) is 0 Å². The molecule has 3 rings (SSSR count). The molecule has 1 N–H and O–H groups in total. The number of hydrogen-bond acceptors (Lipinski definition) is 3. The van der Waals surface area contributed by atoms with E-state index in [4.69, 9.17) is 4.74 Å². The van der Waals surface area contributed by atoms with E-state index in [1.54, 1.807) is 29.4 Å². The van der Waals surface area contributed by atoms with Crippen LogP contribution in [0, 0.1) is 5.82 Å². The van der Waals surface area contributed by atoms with Gasteiger partial charge in [0.05, 0.1) is 6.10 Å². The lowest BCUT2D eigenvalue weighted by molar-refractivity contribution is 0.0794. The molecule has 1 aromatic heterocycles. The summed E-state index contributed by atoms with van der Waals surface area (Å²) < 4.78 is 18.6. The van der Waals surface area contributed by atoms with E-state index in [-0.39, 0.29) is 18.0 Å². The predicted molar refractivity (Wildman–Crippen MR) is 92.3 cm³/mol. The second-order valence-electron chi connectivity index (χ2n) is 6.16. The number of urea groups is 1. The van der Waals surface area contributed by atoms with Crippen molar-refractivity contribution in [2.75, 3.05) is 13.2 Å². The van der Waals surface area contributed by atoms with Gasteiger partial charge in [-0.15, -0.1) is 0 Å². The largest absolute Gasteiger partial charge is 0.376 e. The summed E-state index contributed by atoms with van der Waals surface area (Å²) in [5, 5.41) is 2.91. The highest BCUT2D eigenvalue weighted by Crippen LogP contribution is 2.15. The summed E-state index contributed by atoms with van der Waals surface area (Å²) in [5.41, 5.74) is 1.88. The minimum Gasteiger partial charge on any atom is -0.376 e. The summed E-state index contributed by atoms with van der Waals surface area (Å²) in [4.78, 5) is 18.4. The second-order valence-corrected chi connectivity index (χ2v) is 6.16. The number of amides is 2. The van der Waals surface area contributed by atoms with E-state index in [9.17, 15) is 9.18 Å². The molecular weight excluding hydrogens is 321 g/mol. The minimum absolute atomic E-state index is 0.0819. The number of rotatable bonds is 6. The Morgan fingerprint density at radius 3 is 2.64 bits per heavy atom. The highest BCUT2D eigenvalue weighted by atomic mass is 19.1. The van der Waals surface area contributed by atoms with Gasteiger partial charge in [-0.1, -0.05) is 12.1 Å². The summed E-state index contributed by atoms with van der Waals surface area (Å²) in [6.45, 7) is 2.16. The molecule has 2 aromatic rings. The Bertz CT molecular complexity index is 673. The maximum Gasteiger partial charge on any atom is 0.318 e. The number of pyridine rings is 1. The van der Waals surface area contributed by atoms with Gasteiger partial charge in [0, 0.05) is 38.6 Å². The molecule has 0 radical (unpaired) electrons. The fourth-order valence-corrected chi connectivity index (χ4v) is 2.85. The fraction of sp³-hybridized carbons (Fsp3) is 0.368. The van der Waals surface area contributed by atoms with Gasteiger partial charge in [-0.25, -0.2) is 9.18 Å². The molecule has 1 aromatic carbocycles. The van der Waals surface area contributed by atoms with Gasteiger partial charge < -0.3 is 15.0 Å². The first kappa shape index (κ1) is 17.4. The number of carbonyl (C=O) groups is 1. The van der Waals surface area contributed by atoms with Gasteiger partial charge in [0.1, 0.15) is 5.82 Å². The molecule has 0 bridgehead atoms. The maximum absolute atomic E-state index is 13.0. The number of ether oxygens (including phenoxy) is 1. The van der Waals surface area contributed by atoms with Gasteiger partial charge in [-0.3, -0.25) is 4.98 Å². The zero-order valence-corrected chi connectivity index (χ0v) is 14.0. The Morgan fingerprint density at radius 1 is 1.20 bits per heavy atom. The third-order valence-electron chi connectivity index (χ3n) is 4.22. The van der Waals surface area contributed by atoms with E-state index in [0.29, 0.717) is 19.6 Å². The minimum atomic E-state index is -0.284. The third-order valence-corrected chi connectivity index (χ3v) is 4.22. The van der Waals surface area contributed by atoms with Crippen LogP contribution in [-0.4, -0.2) is 35.2 Å². The zero-order chi connectivity index (χ0) is 17.5. The number of carbonyl (C=O) groups excluding carboxylic acids is 1. The normalized spacial score (nSPS) is 16.6. The molecule has 6 heteroatoms. The SMILES string of the molecule is O=C(NCc1ccc(F)cc1)N(Cc1ccncc1)CC1CCCO1. The Balaban J connectivity index is 1.62. The summed E-state index contributed by atoms with van der Waals surface area (Å²) in [6.07, 6.45) is 5.52. The lowest BCUT2D eigenvalue weighted by atomic mass is 10.2.